The Morgan fingerprint density at radius 1 is 0.846 bits per heavy atom. The summed E-state index contributed by atoms with van der Waals surface area (Å²) in [6.45, 7) is 0.332. The van der Waals surface area contributed by atoms with Crippen molar-refractivity contribution < 1.29 is 26.7 Å². The molecule has 196 valence electrons. The van der Waals surface area contributed by atoms with Crippen molar-refractivity contribution in [2.75, 3.05) is 17.7 Å². The fourth-order valence-corrected chi connectivity index (χ4v) is 5.36. The number of hydrogen-bond acceptors (Lipinski definition) is 5. The summed E-state index contributed by atoms with van der Waals surface area (Å²) in [6, 6.07) is 32.2. The molecule has 7 nitrogen and oxygen atoms in total. The van der Waals surface area contributed by atoms with Crippen LogP contribution in [-0.4, -0.2) is 25.8 Å². The summed E-state index contributed by atoms with van der Waals surface area (Å²) in [5.41, 5.74) is 6.71. The number of hydrogen-bond donors (Lipinski definition) is 1. The molecule has 0 unspecified atom stereocenters. The van der Waals surface area contributed by atoms with Gasteiger partial charge in [0.05, 0.1) is 11.4 Å². The molecule has 0 radical (unpaired) electrons. The molecule has 1 aromatic heterocycles. The topological polar surface area (TPSA) is 83.9 Å². The van der Waals surface area contributed by atoms with Crippen LogP contribution in [0.25, 0.3) is 39.4 Å². The van der Waals surface area contributed by atoms with Crippen molar-refractivity contribution in [2.24, 2.45) is 0 Å². The lowest BCUT2D eigenvalue weighted by molar-refractivity contribution is -0.677. The summed E-state index contributed by atoms with van der Waals surface area (Å²) >= 11 is 0. The van der Waals surface area contributed by atoms with Crippen molar-refractivity contribution in [1.29, 1.82) is 0 Å². The lowest BCUT2D eigenvalue weighted by Gasteiger charge is -2.11. The SMILES string of the molecule is CN1/C(=C/c2oc3ccc(-c4ccccc4)cc3[n+]2CCCS(=O)(=O)O)Oc2ccc(-c3ccccc3)cc21. The van der Waals surface area contributed by atoms with Crippen LogP contribution in [0.3, 0.4) is 0 Å². The quantitative estimate of drug-likeness (QED) is 0.197. The van der Waals surface area contributed by atoms with Crippen molar-refractivity contribution in [3.63, 3.8) is 0 Å². The van der Waals surface area contributed by atoms with E-state index in [1.807, 2.05) is 101 Å². The first kappa shape index (κ1) is 24.9. The van der Waals surface area contributed by atoms with E-state index in [9.17, 15) is 13.0 Å². The third-order valence-corrected chi connectivity index (χ3v) is 7.65. The highest BCUT2D eigenvalue weighted by molar-refractivity contribution is 7.85. The Kier molecular flexibility index (Phi) is 6.42. The normalized spacial score (nSPS) is 14.1. The van der Waals surface area contributed by atoms with Crippen LogP contribution in [-0.2, 0) is 16.7 Å². The lowest BCUT2D eigenvalue weighted by Crippen LogP contribution is -2.36. The molecule has 4 aromatic carbocycles. The molecule has 0 saturated carbocycles. The van der Waals surface area contributed by atoms with Gasteiger partial charge < -0.3 is 14.1 Å². The number of rotatable bonds is 7. The molecule has 0 spiro atoms. The van der Waals surface area contributed by atoms with Gasteiger partial charge in [0.25, 0.3) is 15.6 Å². The molecule has 0 bridgehead atoms. The molecule has 6 rings (SSSR count). The van der Waals surface area contributed by atoms with Gasteiger partial charge in [-0.25, -0.2) is 0 Å². The molecule has 8 heteroatoms. The van der Waals surface area contributed by atoms with Crippen LogP contribution in [0.2, 0.25) is 0 Å². The summed E-state index contributed by atoms with van der Waals surface area (Å²) < 4.78 is 46.5. The molecule has 2 heterocycles. The first-order chi connectivity index (χ1) is 18.9. The summed E-state index contributed by atoms with van der Waals surface area (Å²) in [6.07, 6.45) is 2.04. The van der Waals surface area contributed by atoms with Crippen molar-refractivity contribution in [3.8, 4) is 28.0 Å². The monoisotopic (exact) mass is 539 g/mol. The number of benzene rings is 4. The van der Waals surface area contributed by atoms with Crippen LogP contribution in [0.15, 0.2) is 107 Å². The van der Waals surface area contributed by atoms with Crippen LogP contribution < -0.4 is 14.2 Å². The van der Waals surface area contributed by atoms with Gasteiger partial charge in [-0.3, -0.25) is 4.55 Å². The molecule has 0 fully saturated rings. The molecule has 1 N–H and O–H groups in total. The van der Waals surface area contributed by atoms with E-state index in [-0.39, 0.29) is 12.2 Å². The third-order valence-electron chi connectivity index (χ3n) is 6.84. The van der Waals surface area contributed by atoms with Gasteiger partial charge in [0.15, 0.2) is 12.3 Å². The zero-order valence-corrected chi connectivity index (χ0v) is 22.1. The van der Waals surface area contributed by atoms with Crippen molar-refractivity contribution >= 4 is 33.0 Å². The van der Waals surface area contributed by atoms with Gasteiger partial charge in [0.2, 0.25) is 11.5 Å². The second-order valence-electron chi connectivity index (χ2n) is 9.47. The maximum absolute atomic E-state index is 11.4. The second kappa shape index (κ2) is 10.1. The summed E-state index contributed by atoms with van der Waals surface area (Å²) in [4.78, 5) is 1.97. The van der Waals surface area contributed by atoms with Crippen LogP contribution >= 0.6 is 0 Å². The zero-order valence-electron chi connectivity index (χ0n) is 21.3. The molecule has 0 amide bonds. The molecule has 0 aliphatic carbocycles. The number of oxazole rings is 1. The highest BCUT2D eigenvalue weighted by Crippen LogP contribution is 2.41. The number of fused-ring (bicyclic) bond motifs is 2. The van der Waals surface area contributed by atoms with Crippen LogP contribution in [0, 0.1) is 0 Å². The average molecular weight is 540 g/mol. The fraction of sp³-hybridized carbons (Fsp3) is 0.129. The van der Waals surface area contributed by atoms with Crippen molar-refractivity contribution in [2.45, 2.75) is 13.0 Å². The van der Waals surface area contributed by atoms with E-state index in [4.69, 9.17) is 9.15 Å². The number of ether oxygens (including phenoxy) is 1. The number of anilines is 1. The van der Waals surface area contributed by atoms with Crippen LogP contribution in [0.5, 0.6) is 5.75 Å². The Labute approximate surface area is 227 Å². The molecule has 0 saturated heterocycles. The van der Waals surface area contributed by atoms with Crippen molar-refractivity contribution in [3.05, 3.63) is 109 Å². The largest absolute Gasteiger partial charge is 0.438 e. The van der Waals surface area contributed by atoms with E-state index in [2.05, 4.69) is 18.2 Å². The zero-order chi connectivity index (χ0) is 27.0. The van der Waals surface area contributed by atoms with Crippen LogP contribution in [0.1, 0.15) is 12.3 Å². The lowest BCUT2D eigenvalue weighted by atomic mass is 10.0. The van der Waals surface area contributed by atoms with Crippen LogP contribution in [0.4, 0.5) is 5.69 Å². The molecule has 1 aliphatic heterocycles. The number of aromatic nitrogens is 1. The Hall–Kier alpha value is -4.40. The maximum Gasteiger partial charge on any atom is 0.379 e. The summed E-state index contributed by atoms with van der Waals surface area (Å²) in [5.74, 6) is 1.50. The minimum absolute atomic E-state index is 0.223. The first-order valence-corrected chi connectivity index (χ1v) is 14.3. The van der Waals surface area contributed by atoms with Gasteiger partial charge in [0.1, 0.15) is 6.08 Å². The second-order valence-corrected chi connectivity index (χ2v) is 11.0. The van der Waals surface area contributed by atoms with E-state index < -0.39 is 10.1 Å². The summed E-state index contributed by atoms with van der Waals surface area (Å²) in [7, 11) is -2.15. The maximum atomic E-state index is 11.4. The number of aryl methyl sites for hydroxylation is 1. The predicted molar refractivity (Wildman–Crippen MR) is 152 cm³/mol. The van der Waals surface area contributed by atoms with E-state index in [0.717, 1.165) is 39.2 Å². The third kappa shape index (κ3) is 5.16. The minimum Gasteiger partial charge on any atom is -0.438 e. The Bertz CT molecular complexity index is 1800. The number of nitrogens with zero attached hydrogens (tertiary/aromatic N) is 2. The summed E-state index contributed by atoms with van der Waals surface area (Å²) in [5, 5.41) is 0. The standard InChI is InChI=1S/C31H26N2O5S/c1-32-26-19-24(22-9-4-2-5-10-22)13-15-28(26)37-30(32)21-31-33(17-8-18-39(34,35)36)27-20-25(14-16-29(27)38-31)23-11-6-3-7-12-23/h2-7,9-16,19-21H,8,17-18H2,1H3/p+1. The molecule has 39 heavy (non-hydrogen) atoms. The van der Waals surface area contributed by atoms with E-state index in [0.29, 0.717) is 23.9 Å². The Morgan fingerprint density at radius 2 is 1.49 bits per heavy atom. The van der Waals surface area contributed by atoms with Gasteiger partial charge >= 0.3 is 5.89 Å². The van der Waals surface area contributed by atoms with E-state index >= 15 is 0 Å². The molecule has 0 atom stereocenters. The Morgan fingerprint density at radius 3 is 2.15 bits per heavy atom. The molecule has 1 aliphatic rings. The predicted octanol–water partition coefficient (Wildman–Crippen LogP) is 6.16. The Balaban J connectivity index is 1.38. The highest BCUT2D eigenvalue weighted by Gasteiger charge is 2.28. The van der Waals surface area contributed by atoms with Gasteiger partial charge in [0, 0.05) is 19.5 Å². The van der Waals surface area contributed by atoms with E-state index in [1.54, 1.807) is 0 Å². The fourth-order valence-electron chi connectivity index (χ4n) is 4.86. The first-order valence-electron chi connectivity index (χ1n) is 12.7. The highest BCUT2D eigenvalue weighted by atomic mass is 32.2. The van der Waals surface area contributed by atoms with E-state index in [1.165, 1.54) is 0 Å². The smallest absolute Gasteiger partial charge is 0.379 e. The molecular weight excluding hydrogens is 512 g/mol. The van der Waals surface area contributed by atoms with Gasteiger partial charge in [-0.15, -0.1) is 0 Å². The molecular formula is C31H27N2O5S+. The molecule has 5 aromatic rings. The average Bonchev–Trinajstić information content (AvgIpc) is 3.44. The minimum atomic E-state index is -4.08. The van der Waals surface area contributed by atoms with Crippen molar-refractivity contribution in [1.82, 2.24) is 0 Å². The van der Waals surface area contributed by atoms with Gasteiger partial charge in [-0.1, -0.05) is 72.8 Å². The van der Waals surface area contributed by atoms with Gasteiger partial charge in [-0.05, 0) is 40.5 Å². The van der Waals surface area contributed by atoms with Gasteiger partial charge in [-0.2, -0.15) is 13.0 Å².